The number of carbonyl (C=O) groups is 1. The highest BCUT2D eigenvalue weighted by atomic mass is 16.5. The molecule has 1 aromatic carbocycles. The third-order valence-corrected chi connectivity index (χ3v) is 5.22. The van der Waals surface area contributed by atoms with E-state index in [4.69, 9.17) is 9.72 Å². The smallest absolute Gasteiger partial charge is 0.227 e. The number of hydrogen-bond donors (Lipinski definition) is 1. The fourth-order valence-electron chi connectivity index (χ4n) is 3.69. The summed E-state index contributed by atoms with van der Waals surface area (Å²) in [5.41, 5.74) is 3.15. The van der Waals surface area contributed by atoms with Gasteiger partial charge in [0.15, 0.2) is 0 Å². The fraction of sp³-hybridized carbons (Fsp3) is 0.450. The Hall–Kier alpha value is -2.47. The number of nitrogens with zero attached hydrogens (tertiary/aromatic N) is 3. The molecule has 0 spiro atoms. The van der Waals surface area contributed by atoms with Gasteiger partial charge in [0, 0.05) is 43.7 Å². The predicted molar refractivity (Wildman–Crippen MR) is 98.1 cm³/mol. The molecule has 0 radical (unpaired) electrons. The highest BCUT2D eigenvalue weighted by Crippen LogP contribution is 2.23. The molecule has 3 heterocycles. The van der Waals surface area contributed by atoms with E-state index < -0.39 is 0 Å². The van der Waals surface area contributed by atoms with Crippen LogP contribution in [0, 0.1) is 0 Å². The van der Waals surface area contributed by atoms with E-state index in [1.54, 1.807) is 7.11 Å². The summed E-state index contributed by atoms with van der Waals surface area (Å²) in [6.45, 7) is 3.32. The minimum atomic E-state index is 0.132. The Kier molecular flexibility index (Phi) is 4.84. The van der Waals surface area contributed by atoms with Crippen molar-refractivity contribution in [1.82, 2.24) is 20.2 Å². The van der Waals surface area contributed by atoms with Crippen molar-refractivity contribution < 1.29 is 9.53 Å². The molecule has 0 aliphatic carbocycles. The van der Waals surface area contributed by atoms with Gasteiger partial charge in [0.2, 0.25) is 5.91 Å². The molecule has 136 valence electrons. The number of nitrogens with one attached hydrogen (secondary N) is 1. The monoisotopic (exact) mass is 352 g/mol. The Balaban J connectivity index is 1.43. The molecule has 6 nitrogen and oxygen atoms in total. The molecule has 1 amide bonds. The van der Waals surface area contributed by atoms with E-state index in [1.165, 1.54) is 0 Å². The molecule has 1 fully saturated rings. The summed E-state index contributed by atoms with van der Waals surface area (Å²) in [6, 6.07) is 7.68. The van der Waals surface area contributed by atoms with Crippen LogP contribution < -0.4 is 10.1 Å². The van der Waals surface area contributed by atoms with Gasteiger partial charge in [0.05, 0.1) is 19.2 Å². The van der Waals surface area contributed by atoms with Crippen LogP contribution in [0.3, 0.4) is 0 Å². The highest BCUT2D eigenvalue weighted by Gasteiger charge is 2.25. The summed E-state index contributed by atoms with van der Waals surface area (Å²) in [6.07, 6.45) is 4.21. The second-order valence-corrected chi connectivity index (χ2v) is 6.98. The summed E-state index contributed by atoms with van der Waals surface area (Å²) in [5, 5.41) is 3.36. The molecule has 0 bridgehead atoms. The molecule has 26 heavy (non-hydrogen) atoms. The lowest BCUT2D eigenvalue weighted by Crippen LogP contribution is -2.37. The molecule has 1 saturated heterocycles. The van der Waals surface area contributed by atoms with Crippen molar-refractivity contribution in [1.29, 1.82) is 0 Å². The van der Waals surface area contributed by atoms with E-state index in [0.717, 1.165) is 60.9 Å². The number of benzene rings is 1. The van der Waals surface area contributed by atoms with Gasteiger partial charge >= 0.3 is 0 Å². The van der Waals surface area contributed by atoms with Crippen LogP contribution in [0.2, 0.25) is 0 Å². The molecule has 1 atom stereocenters. The van der Waals surface area contributed by atoms with Gasteiger partial charge in [-0.15, -0.1) is 0 Å². The second-order valence-electron chi connectivity index (χ2n) is 6.98. The van der Waals surface area contributed by atoms with Crippen LogP contribution in [-0.2, 0) is 24.2 Å². The van der Waals surface area contributed by atoms with Crippen molar-refractivity contribution in [2.45, 2.75) is 31.7 Å². The average Bonchev–Trinajstić information content (AvgIpc) is 3.22. The average molecular weight is 352 g/mol. The minimum absolute atomic E-state index is 0.132. The summed E-state index contributed by atoms with van der Waals surface area (Å²) >= 11 is 0. The molecule has 1 aromatic heterocycles. The third-order valence-electron chi connectivity index (χ3n) is 5.22. The molecule has 0 unspecified atom stereocenters. The molecule has 4 rings (SSSR count). The Morgan fingerprint density at radius 2 is 2.35 bits per heavy atom. The lowest BCUT2D eigenvalue weighted by molar-refractivity contribution is -0.131. The molecule has 6 heteroatoms. The molecule has 0 saturated carbocycles. The first-order valence-corrected chi connectivity index (χ1v) is 9.19. The number of methoxy groups -OCH3 is 1. The van der Waals surface area contributed by atoms with Crippen molar-refractivity contribution in [3.63, 3.8) is 0 Å². The standard InChI is InChI=1S/C20H24N4O2/c1-26-17-4-2-3-14(9-17)10-19(25)24-8-6-18-16(13-24)12-22-20(23-18)15-5-7-21-11-15/h2-4,9,12,15,21H,5-8,10-11,13H2,1H3/t15-/m0/s1. The van der Waals surface area contributed by atoms with Crippen LogP contribution in [0.25, 0.3) is 0 Å². The number of fused-ring (bicyclic) bond motifs is 1. The number of aromatic nitrogens is 2. The van der Waals surface area contributed by atoms with E-state index in [9.17, 15) is 4.79 Å². The van der Waals surface area contributed by atoms with E-state index >= 15 is 0 Å². The zero-order valence-corrected chi connectivity index (χ0v) is 15.1. The van der Waals surface area contributed by atoms with Gasteiger partial charge in [0.25, 0.3) is 0 Å². The van der Waals surface area contributed by atoms with Crippen LogP contribution in [0.1, 0.15) is 35.0 Å². The molecule has 2 aliphatic heterocycles. The van der Waals surface area contributed by atoms with E-state index in [0.29, 0.717) is 18.9 Å². The van der Waals surface area contributed by atoms with Crippen molar-refractivity contribution in [2.24, 2.45) is 0 Å². The van der Waals surface area contributed by atoms with Gasteiger partial charge < -0.3 is 15.0 Å². The highest BCUT2D eigenvalue weighted by molar-refractivity contribution is 5.79. The third kappa shape index (κ3) is 3.55. The SMILES string of the molecule is COc1cccc(CC(=O)N2CCc3nc([C@H]4CCNC4)ncc3C2)c1. The zero-order valence-electron chi connectivity index (χ0n) is 15.1. The number of hydrogen-bond acceptors (Lipinski definition) is 5. The van der Waals surface area contributed by atoms with Gasteiger partial charge in [-0.05, 0) is 30.7 Å². The van der Waals surface area contributed by atoms with Crippen LogP contribution in [0.15, 0.2) is 30.5 Å². The maximum Gasteiger partial charge on any atom is 0.227 e. The quantitative estimate of drug-likeness (QED) is 0.907. The van der Waals surface area contributed by atoms with E-state index in [2.05, 4.69) is 10.3 Å². The van der Waals surface area contributed by atoms with Crippen LogP contribution in [0.5, 0.6) is 5.75 Å². The van der Waals surface area contributed by atoms with Crippen molar-refractivity contribution in [3.8, 4) is 5.75 Å². The number of amides is 1. The predicted octanol–water partition coefficient (Wildman–Crippen LogP) is 1.69. The first-order valence-electron chi connectivity index (χ1n) is 9.19. The van der Waals surface area contributed by atoms with Gasteiger partial charge in [-0.2, -0.15) is 0 Å². The molecular weight excluding hydrogens is 328 g/mol. The van der Waals surface area contributed by atoms with Gasteiger partial charge in [-0.25, -0.2) is 9.97 Å². The maximum absolute atomic E-state index is 12.7. The lowest BCUT2D eigenvalue weighted by Gasteiger charge is -2.28. The van der Waals surface area contributed by atoms with E-state index in [-0.39, 0.29) is 5.91 Å². The number of carbonyl (C=O) groups excluding carboxylic acids is 1. The van der Waals surface area contributed by atoms with Gasteiger partial charge in [-0.3, -0.25) is 4.79 Å². The summed E-state index contributed by atoms with van der Waals surface area (Å²) in [5.74, 6) is 2.28. The summed E-state index contributed by atoms with van der Waals surface area (Å²) in [4.78, 5) is 24.0. The molecule has 2 aromatic rings. The fourth-order valence-corrected chi connectivity index (χ4v) is 3.69. The minimum Gasteiger partial charge on any atom is -0.497 e. The van der Waals surface area contributed by atoms with E-state index in [1.807, 2.05) is 35.4 Å². The van der Waals surface area contributed by atoms with Crippen LogP contribution in [-0.4, -0.2) is 47.5 Å². The van der Waals surface area contributed by atoms with Crippen LogP contribution >= 0.6 is 0 Å². The number of rotatable bonds is 4. The molecule has 2 aliphatic rings. The summed E-state index contributed by atoms with van der Waals surface area (Å²) in [7, 11) is 1.64. The molecule has 1 N–H and O–H groups in total. The van der Waals surface area contributed by atoms with Crippen molar-refractivity contribution in [3.05, 3.63) is 53.1 Å². The first kappa shape index (κ1) is 17.0. The van der Waals surface area contributed by atoms with Gasteiger partial charge in [-0.1, -0.05) is 12.1 Å². The largest absolute Gasteiger partial charge is 0.497 e. The van der Waals surface area contributed by atoms with Crippen molar-refractivity contribution >= 4 is 5.91 Å². The lowest BCUT2D eigenvalue weighted by atomic mass is 10.0. The topological polar surface area (TPSA) is 67.3 Å². The summed E-state index contributed by atoms with van der Waals surface area (Å²) < 4.78 is 5.24. The Labute approximate surface area is 153 Å². The Morgan fingerprint density at radius 1 is 1.42 bits per heavy atom. The Morgan fingerprint density at radius 3 is 3.15 bits per heavy atom. The molecular formula is C20H24N4O2. The first-order chi connectivity index (χ1) is 12.7. The van der Waals surface area contributed by atoms with Gasteiger partial charge in [0.1, 0.15) is 11.6 Å². The second kappa shape index (κ2) is 7.41. The van der Waals surface area contributed by atoms with Crippen molar-refractivity contribution in [2.75, 3.05) is 26.7 Å². The Bertz CT molecular complexity index is 802. The number of ether oxygens (including phenoxy) is 1. The zero-order chi connectivity index (χ0) is 17.9. The van der Waals surface area contributed by atoms with Crippen LogP contribution in [0.4, 0.5) is 0 Å². The maximum atomic E-state index is 12.7. The normalized spacial score (nSPS) is 19.3.